The molecule has 1 heterocycles. The third-order valence-electron chi connectivity index (χ3n) is 0.711. The average Bonchev–Trinajstić information content (AvgIpc) is 2.17. The Balaban J connectivity index is 2.61. The van der Waals surface area contributed by atoms with Crippen LogP contribution in [0.15, 0.2) is 9.26 Å². The van der Waals surface area contributed by atoms with Crippen molar-refractivity contribution in [1.29, 1.82) is 0 Å². The molecular formula is C4H5BrN2OS. The summed E-state index contributed by atoms with van der Waals surface area (Å²) in [5.41, 5.74) is 0. The van der Waals surface area contributed by atoms with Gasteiger partial charge in [-0.2, -0.15) is 16.7 Å². The molecule has 0 bridgehead atoms. The van der Waals surface area contributed by atoms with Crippen LogP contribution in [0.1, 0.15) is 5.89 Å². The van der Waals surface area contributed by atoms with E-state index < -0.39 is 0 Å². The molecule has 0 aliphatic heterocycles. The standard InChI is InChI=1S/C4H5BrN2OS/c1-9-2-3-6-4(5)7-8-3/h2H2,1H3. The quantitative estimate of drug-likeness (QED) is 0.742. The van der Waals surface area contributed by atoms with Crippen molar-refractivity contribution in [3.63, 3.8) is 0 Å². The number of nitrogens with zero attached hydrogens (tertiary/aromatic N) is 2. The number of hydrogen-bond donors (Lipinski definition) is 0. The van der Waals surface area contributed by atoms with Gasteiger partial charge < -0.3 is 4.52 Å². The SMILES string of the molecule is CSCc1nc(Br)no1. The van der Waals surface area contributed by atoms with E-state index in [-0.39, 0.29) is 0 Å². The van der Waals surface area contributed by atoms with Gasteiger partial charge in [-0.1, -0.05) is 0 Å². The van der Waals surface area contributed by atoms with Gasteiger partial charge in [-0.3, -0.25) is 0 Å². The van der Waals surface area contributed by atoms with E-state index in [4.69, 9.17) is 4.52 Å². The first-order valence-electron chi connectivity index (χ1n) is 2.30. The Bertz CT molecular complexity index is 190. The van der Waals surface area contributed by atoms with Crippen molar-refractivity contribution < 1.29 is 4.52 Å². The van der Waals surface area contributed by atoms with Gasteiger partial charge in [0.2, 0.25) is 10.6 Å². The Morgan fingerprint density at radius 2 is 2.56 bits per heavy atom. The van der Waals surface area contributed by atoms with Gasteiger partial charge in [0, 0.05) is 0 Å². The Hall–Kier alpha value is -0.0300. The van der Waals surface area contributed by atoms with Crippen LogP contribution in [-0.2, 0) is 5.75 Å². The Labute approximate surface area is 65.3 Å². The lowest BCUT2D eigenvalue weighted by molar-refractivity contribution is 0.387. The normalized spacial score (nSPS) is 10.0. The molecule has 0 fully saturated rings. The highest BCUT2D eigenvalue weighted by molar-refractivity contribution is 9.10. The molecule has 0 atom stereocenters. The molecule has 1 rings (SSSR count). The molecule has 0 unspecified atom stereocenters. The van der Waals surface area contributed by atoms with E-state index in [2.05, 4.69) is 26.1 Å². The van der Waals surface area contributed by atoms with Gasteiger partial charge in [-0.15, -0.1) is 0 Å². The zero-order valence-corrected chi connectivity index (χ0v) is 7.20. The van der Waals surface area contributed by atoms with E-state index in [1.807, 2.05) is 6.26 Å². The molecule has 0 aliphatic carbocycles. The highest BCUT2D eigenvalue weighted by Crippen LogP contribution is 2.08. The summed E-state index contributed by atoms with van der Waals surface area (Å²) in [5, 5.41) is 3.55. The minimum atomic E-state index is 0.520. The number of thioether (sulfide) groups is 1. The molecule has 1 aromatic heterocycles. The molecule has 0 aliphatic rings. The second-order valence-electron chi connectivity index (χ2n) is 1.39. The number of aromatic nitrogens is 2. The van der Waals surface area contributed by atoms with Crippen LogP contribution < -0.4 is 0 Å². The van der Waals surface area contributed by atoms with E-state index in [0.29, 0.717) is 10.6 Å². The summed E-state index contributed by atoms with van der Waals surface area (Å²) < 4.78 is 5.30. The third kappa shape index (κ3) is 1.98. The van der Waals surface area contributed by atoms with Crippen molar-refractivity contribution in [3.8, 4) is 0 Å². The van der Waals surface area contributed by atoms with Crippen molar-refractivity contribution >= 4 is 27.7 Å². The third-order valence-corrected chi connectivity index (χ3v) is 1.57. The Morgan fingerprint density at radius 1 is 1.78 bits per heavy atom. The molecular weight excluding hydrogens is 204 g/mol. The second-order valence-corrected chi connectivity index (χ2v) is 2.97. The smallest absolute Gasteiger partial charge is 0.238 e. The van der Waals surface area contributed by atoms with Crippen LogP contribution in [-0.4, -0.2) is 16.4 Å². The van der Waals surface area contributed by atoms with Crippen LogP contribution in [0.2, 0.25) is 0 Å². The molecule has 9 heavy (non-hydrogen) atoms. The number of halogens is 1. The monoisotopic (exact) mass is 208 g/mol. The molecule has 0 spiro atoms. The van der Waals surface area contributed by atoms with Gasteiger partial charge in [-0.25, -0.2) is 0 Å². The summed E-state index contributed by atoms with van der Waals surface area (Å²) in [7, 11) is 0. The van der Waals surface area contributed by atoms with Crippen LogP contribution in [0.4, 0.5) is 0 Å². The molecule has 0 radical (unpaired) electrons. The first-order chi connectivity index (χ1) is 4.33. The zero-order chi connectivity index (χ0) is 6.69. The molecule has 3 nitrogen and oxygen atoms in total. The summed E-state index contributed by atoms with van der Waals surface area (Å²) in [6.07, 6.45) is 1.98. The molecule has 0 saturated carbocycles. The van der Waals surface area contributed by atoms with Gasteiger partial charge in [0.15, 0.2) is 0 Å². The topological polar surface area (TPSA) is 38.9 Å². The molecule has 0 aromatic carbocycles. The Morgan fingerprint density at radius 3 is 3.00 bits per heavy atom. The second kappa shape index (κ2) is 3.22. The largest absolute Gasteiger partial charge is 0.338 e. The van der Waals surface area contributed by atoms with Crippen LogP contribution in [0.3, 0.4) is 0 Å². The van der Waals surface area contributed by atoms with E-state index in [9.17, 15) is 0 Å². The predicted molar refractivity (Wildman–Crippen MR) is 39.2 cm³/mol. The average molecular weight is 209 g/mol. The first kappa shape index (κ1) is 7.08. The van der Waals surface area contributed by atoms with Crippen molar-refractivity contribution in [1.82, 2.24) is 10.1 Å². The van der Waals surface area contributed by atoms with Crippen LogP contribution >= 0.6 is 27.7 Å². The predicted octanol–water partition coefficient (Wildman–Crippen LogP) is 1.70. The van der Waals surface area contributed by atoms with Crippen molar-refractivity contribution in [3.05, 3.63) is 10.6 Å². The van der Waals surface area contributed by atoms with Crippen molar-refractivity contribution in [2.75, 3.05) is 6.26 Å². The van der Waals surface area contributed by atoms with Gasteiger partial charge in [0.05, 0.1) is 5.75 Å². The maximum absolute atomic E-state index is 4.78. The maximum atomic E-state index is 4.78. The van der Waals surface area contributed by atoms with Crippen LogP contribution in [0.5, 0.6) is 0 Å². The molecule has 50 valence electrons. The summed E-state index contributed by atoms with van der Waals surface area (Å²) in [4.78, 5) is 3.92. The first-order valence-corrected chi connectivity index (χ1v) is 4.48. The zero-order valence-electron chi connectivity index (χ0n) is 4.80. The highest BCUT2D eigenvalue weighted by atomic mass is 79.9. The van der Waals surface area contributed by atoms with Crippen molar-refractivity contribution in [2.24, 2.45) is 0 Å². The molecule has 0 amide bonds. The van der Waals surface area contributed by atoms with E-state index in [1.54, 1.807) is 11.8 Å². The fraction of sp³-hybridized carbons (Fsp3) is 0.500. The molecule has 5 heteroatoms. The molecule has 1 aromatic rings. The van der Waals surface area contributed by atoms with Gasteiger partial charge >= 0.3 is 0 Å². The van der Waals surface area contributed by atoms with Crippen LogP contribution in [0, 0.1) is 0 Å². The van der Waals surface area contributed by atoms with E-state index >= 15 is 0 Å². The maximum Gasteiger partial charge on any atom is 0.238 e. The van der Waals surface area contributed by atoms with E-state index in [1.165, 1.54) is 0 Å². The lowest BCUT2D eigenvalue weighted by Gasteiger charge is -1.82. The Kier molecular flexibility index (Phi) is 2.53. The summed E-state index contributed by atoms with van der Waals surface area (Å²) in [6, 6.07) is 0. The number of rotatable bonds is 2. The van der Waals surface area contributed by atoms with Crippen LogP contribution in [0.25, 0.3) is 0 Å². The van der Waals surface area contributed by atoms with Gasteiger partial charge in [-0.05, 0) is 27.3 Å². The minimum Gasteiger partial charge on any atom is -0.338 e. The van der Waals surface area contributed by atoms with Gasteiger partial charge in [0.1, 0.15) is 0 Å². The highest BCUT2D eigenvalue weighted by Gasteiger charge is 1.99. The summed E-state index contributed by atoms with van der Waals surface area (Å²) >= 11 is 4.73. The van der Waals surface area contributed by atoms with Crippen molar-refractivity contribution in [2.45, 2.75) is 5.75 Å². The lowest BCUT2D eigenvalue weighted by atomic mass is 10.8. The lowest BCUT2D eigenvalue weighted by Crippen LogP contribution is -1.75. The molecule has 0 saturated heterocycles. The summed E-state index contributed by atoms with van der Waals surface area (Å²) in [6.45, 7) is 0. The van der Waals surface area contributed by atoms with Gasteiger partial charge in [0.25, 0.3) is 0 Å². The summed E-state index contributed by atoms with van der Waals surface area (Å²) in [5.74, 6) is 1.44. The minimum absolute atomic E-state index is 0.520. The fourth-order valence-electron chi connectivity index (χ4n) is 0.416. The number of hydrogen-bond acceptors (Lipinski definition) is 4. The van der Waals surface area contributed by atoms with E-state index in [0.717, 1.165) is 5.75 Å². The molecule has 0 N–H and O–H groups in total. The fourth-order valence-corrected chi connectivity index (χ4v) is 1.05.